The first kappa shape index (κ1) is 11.1. The number of halogens is 1. The summed E-state index contributed by atoms with van der Waals surface area (Å²) in [6, 6.07) is 4.05. The van der Waals surface area contributed by atoms with Gasteiger partial charge in [-0.05, 0) is 31.0 Å². The van der Waals surface area contributed by atoms with Crippen molar-refractivity contribution in [2.45, 2.75) is 26.1 Å². The van der Waals surface area contributed by atoms with Gasteiger partial charge >= 0.3 is 0 Å². The average molecular weight is 236 g/mol. The van der Waals surface area contributed by atoms with Crippen LogP contribution in [0.3, 0.4) is 0 Å². The van der Waals surface area contributed by atoms with E-state index in [1.165, 1.54) is 0 Å². The second-order valence-corrected chi connectivity index (χ2v) is 3.92. The molecule has 0 bridgehead atoms. The molecule has 0 fully saturated rings. The van der Waals surface area contributed by atoms with Crippen LogP contribution in [0.5, 0.6) is 0 Å². The van der Waals surface area contributed by atoms with E-state index in [9.17, 15) is 0 Å². The number of rotatable bonds is 3. The summed E-state index contributed by atoms with van der Waals surface area (Å²) in [6.45, 7) is 4.05. The monoisotopic (exact) mass is 235 g/mol. The fourth-order valence-corrected chi connectivity index (χ4v) is 1.79. The van der Waals surface area contributed by atoms with Crippen LogP contribution in [0.4, 0.5) is 0 Å². The Balaban J connectivity index is 2.52. The number of nitrogens with zero attached hydrogens (tertiary/aromatic N) is 3. The van der Waals surface area contributed by atoms with Gasteiger partial charge in [-0.2, -0.15) is 0 Å². The Hall–Kier alpha value is -1.35. The minimum atomic E-state index is 0.510. The molecular formula is C12H14ClN3. The standard InChI is InChI=1S/C12H14ClN3/c1-3-11-6-10(8-13)7-12(15-11)16-5-4-14-9(16)2/h4-7H,3,8H2,1-2H3. The summed E-state index contributed by atoms with van der Waals surface area (Å²) >= 11 is 5.88. The molecule has 2 rings (SSSR count). The maximum absolute atomic E-state index is 5.88. The van der Waals surface area contributed by atoms with Crippen molar-refractivity contribution in [3.05, 3.63) is 41.6 Å². The largest absolute Gasteiger partial charge is 0.288 e. The van der Waals surface area contributed by atoms with Crippen molar-refractivity contribution >= 4 is 11.6 Å². The van der Waals surface area contributed by atoms with Crippen LogP contribution in [0.1, 0.15) is 24.0 Å². The van der Waals surface area contributed by atoms with Gasteiger partial charge in [0.2, 0.25) is 0 Å². The van der Waals surface area contributed by atoms with E-state index in [1.807, 2.05) is 29.8 Å². The molecule has 3 nitrogen and oxygen atoms in total. The Morgan fingerprint density at radius 1 is 1.38 bits per heavy atom. The summed E-state index contributed by atoms with van der Waals surface area (Å²) in [5.41, 5.74) is 2.15. The highest BCUT2D eigenvalue weighted by molar-refractivity contribution is 6.17. The van der Waals surface area contributed by atoms with Crippen LogP contribution in [0.15, 0.2) is 24.5 Å². The third-order valence-electron chi connectivity index (χ3n) is 2.51. The van der Waals surface area contributed by atoms with Crippen molar-refractivity contribution in [2.24, 2.45) is 0 Å². The molecular weight excluding hydrogens is 222 g/mol. The number of aryl methyl sites for hydroxylation is 2. The summed E-state index contributed by atoms with van der Waals surface area (Å²) in [4.78, 5) is 8.76. The predicted octanol–water partition coefficient (Wildman–Crippen LogP) is 2.88. The molecule has 0 aliphatic rings. The van der Waals surface area contributed by atoms with Crippen molar-refractivity contribution < 1.29 is 0 Å². The zero-order valence-corrected chi connectivity index (χ0v) is 10.2. The summed E-state index contributed by atoms with van der Waals surface area (Å²) in [5, 5.41) is 0. The van der Waals surface area contributed by atoms with Gasteiger partial charge in [0.25, 0.3) is 0 Å². The molecule has 0 aliphatic carbocycles. The van der Waals surface area contributed by atoms with Crippen LogP contribution in [0, 0.1) is 6.92 Å². The number of imidazole rings is 1. The number of aromatic nitrogens is 3. The molecule has 0 radical (unpaired) electrons. The van der Waals surface area contributed by atoms with Gasteiger partial charge in [0.05, 0.1) is 0 Å². The molecule has 0 saturated heterocycles. The van der Waals surface area contributed by atoms with Crippen LogP contribution in [-0.2, 0) is 12.3 Å². The highest BCUT2D eigenvalue weighted by Gasteiger charge is 2.05. The van der Waals surface area contributed by atoms with Gasteiger partial charge in [0.1, 0.15) is 11.6 Å². The molecule has 0 N–H and O–H groups in total. The number of hydrogen-bond acceptors (Lipinski definition) is 2. The van der Waals surface area contributed by atoms with Crippen molar-refractivity contribution in [1.29, 1.82) is 0 Å². The van der Waals surface area contributed by atoms with Gasteiger partial charge in [0, 0.05) is 24.0 Å². The number of hydrogen-bond donors (Lipinski definition) is 0. The van der Waals surface area contributed by atoms with E-state index in [-0.39, 0.29) is 0 Å². The molecule has 0 spiro atoms. The molecule has 2 heterocycles. The van der Waals surface area contributed by atoms with Crippen molar-refractivity contribution in [3.8, 4) is 5.82 Å². The zero-order valence-electron chi connectivity index (χ0n) is 9.44. The third kappa shape index (κ3) is 2.09. The molecule has 0 atom stereocenters. The quantitative estimate of drug-likeness (QED) is 0.766. The molecule has 0 unspecified atom stereocenters. The predicted molar refractivity (Wildman–Crippen MR) is 65.0 cm³/mol. The fourth-order valence-electron chi connectivity index (χ4n) is 1.63. The van der Waals surface area contributed by atoms with Gasteiger partial charge in [-0.3, -0.25) is 4.57 Å². The SMILES string of the molecule is CCc1cc(CCl)cc(-n2ccnc2C)n1. The maximum atomic E-state index is 5.88. The summed E-state index contributed by atoms with van der Waals surface area (Å²) in [5.74, 6) is 2.34. The fraction of sp³-hybridized carbons (Fsp3) is 0.333. The first-order chi connectivity index (χ1) is 7.74. The normalized spacial score (nSPS) is 10.7. The smallest absolute Gasteiger partial charge is 0.138 e. The van der Waals surface area contributed by atoms with E-state index in [4.69, 9.17) is 11.6 Å². The van der Waals surface area contributed by atoms with E-state index >= 15 is 0 Å². The Morgan fingerprint density at radius 3 is 2.75 bits per heavy atom. The molecule has 2 aromatic heterocycles. The molecule has 0 aliphatic heterocycles. The van der Waals surface area contributed by atoms with Crippen molar-refractivity contribution in [3.63, 3.8) is 0 Å². The second-order valence-electron chi connectivity index (χ2n) is 3.66. The van der Waals surface area contributed by atoms with Crippen LogP contribution in [0.25, 0.3) is 5.82 Å². The molecule has 16 heavy (non-hydrogen) atoms. The molecule has 0 aromatic carbocycles. The van der Waals surface area contributed by atoms with E-state index < -0.39 is 0 Å². The van der Waals surface area contributed by atoms with Gasteiger partial charge in [-0.1, -0.05) is 6.92 Å². The summed E-state index contributed by atoms with van der Waals surface area (Å²) in [6.07, 6.45) is 4.59. The second kappa shape index (κ2) is 4.66. The first-order valence-electron chi connectivity index (χ1n) is 5.30. The van der Waals surface area contributed by atoms with Crippen molar-refractivity contribution in [2.75, 3.05) is 0 Å². The Morgan fingerprint density at radius 2 is 2.19 bits per heavy atom. The lowest BCUT2D eigenvalue weighted by molar-refractivity contribution is 0.899. The van der Waals surface area contributed by atoms with E-state index in [2.05, 4.69) is 16.9 Å². The Bertz CT molecular complexity index is 469. The molecule has 0 saturated carbocycles. The van der Waals surface area contributed by atoms with E-state index in [1.54, 1.807) is 6.20 Å². The van der Waals surface area contributed by atoms with E-state index in [0.29, 0.717) is 5.88 Å². The maximum Gasteiger partial charge on any atom is 0.138 e. The molecule has 84 valence electrons. The third-order valence-corrected chi connectivity index (χ3v) is 2.82. The summed E-state index contributed by atoms with van der Waals surface area (Å²) < 4.78 is 1.97. The van der Waals surface area contributed by atoms with Crippen LogP contribution < -0.4 is 0 Å². The minimum absolute atomic E-state index is 0.510. The highest BCUT2D eigenvalue weighted by Crippen LogP contribution is 2.14. The lowest BCUT2D eigenvalue weighted by Gasteiger charge is -2.08. The lowest BCUT2D eigenvalue weighted by Crippen LogP contribution is -2.02. The van der Waals surface area contributed by atoms with Crippen LogP contribution in [-0.4, -0.2) is 14.5 Å². The topological polar surface area (TPSA) is 30.7 Å². The average Bonchev–Trinajstić information content (AvgIpc) is 2.74. The first-order valence-corrected chi connectivity index (χ1v) is 5.84. The number of pyridine rings is 1. The zero-order chi connectivity index (χ0) is 11.5. The minimum Gasteiger partial charge on any atom is -0.288 e. The van der Waals surface area contributed by atoms with Crippen molar-refractivity contribution in [1.82, 2.24) is 14.5 Å². The molecule has 4 heteroatoms. The van der Waals surface area contributed by atoms with Crippen LogP contribution in [0.2, 0.25) is 0 Å². The summed E-state index contributed by atoms with van der Waals surface area (Å²) in [7, 11) is 0. The number of alkyl halides is 1. The Labute approximate surface area is 100 Å². The Kier molecular flexibility index (Phi) is 3.25. The van der Waals surface area contributed by atoms with Gasteiger partial charge in [-0.15, -0.1) is 11.6 Å². The van der Waals surface area contributed by atoms with E-state index in [0.717, 1.165) is 29.3 Å². The van der Waals surface area contributed by atoms with Gasteiger partial charge < -0.3 is 0 Å². The molecule has 2 aromatic rings. The van der Waals surface area contributed by atoms with Gasteiger partial charge in [-0.25, -0.2) is 9.97 Å². The van der Waals surface area contributed by atoms with Gasteiger partial charge in [0.15, 0.2) is 0 Å². The molecule has 0 amide bonds. The lowest BCUT2D eigenvalue weighted by atomic mass is 10.2. The highest BCUT2D eigenvalue weighted by atomic mass is 35.5. The van der Waals surface area contributed by atoms with Crippen LogP contribution >= 0.6 is 11.6 Å².